The Balaban J connectivity index is 2.35. The van der Waals surface area contributed by atoms with Crippen molar-refractivity contribution < 1.29 is 14.2 Å². The summed E-state index contributed by atoms with van der Waals surface area (Å²) in [4.78, 5) is 7.83. The lowest BCUT2D eigenvalue weighted by Crippen LogP contribution is -1.95. The Labute approximate surface area is 110 Å². The third-order valence-corrected chi connectivity index (χ3v) is 2.31. The van der Waals surface area contributed by atoms with E-state index in [1.54, 1.807) is 32.4 Å². The van der Waals surface area contributed by atoms with Gasteiger partial charge in [0.2, 0.25) is 5.69 Å². The quantitative estimate of drug-likeness (QED) is 0.835. The van der Waals surface area contributed by atoms with Crippen LogP contribution in [-0.2, 0) is 0 Å². The first-order valence-corrected chi connectivity index (χ1v) is 5.39. The number of benzene rings is 1. The van der Waals surface area contributed by atoms with Crippen LogP contribution in [0.15, 0.2) is 30.6 Å². The van der Waals surface area contributed by atoms with Gasteiger partial charge in [-0.25, -0.2) is 9.97 Å². The molecule has 0 amide bonds. The maximum absolute atomic E-state index is 8.92. The Morgan fingerprint density at radius 1 is 0.947 bits per heavy atom. The predicted octanol–water partition coefficient (Wildman–Crippen LogP) is 2.16. The van der Waals surface area contributed by atoms with Gasteiger partial charge in [-0.15, -0.1) is 0 Å². The smallest absolute Gasteiger partial charge is 0.256 e. The van der Waals surface area contributed by atoms with E-state index in [4.69, 9.17) is 19.5 Å². The fourth-order valence-corrected chi connectivity index (χ4v) is 1.43. The number of aromatic nitrogens is 2. The minimum Gasteiger partial charge on any atom is -0.496 e. The van der Waals surface area contributed by atoms with Crippen LogP contribution < -0.4 is 14.2 Å². The zero-order valence-corrected chi connectivity index (χ0v) is 10.5. The number of hydrogen-bond acceptors (Lipinski definition) is 6. The molecule has 0 aliphatic heterocycles. The molecule has 6 heteroatoms. The Hall–Kier alpha value is -2.81. The Kier molecular flexibility index (Phi) is 3.78. The van der Waals surface area contributed by atoms with Gasteiger partial charge in [0.15, 0.2) is 0 Å². The zero-order valence-electron chi connectivity index (χ0n) is 10.5. The highest BCUT2D eigenvalue weighted by molar-refractivity contribution is 5.44. The highest BCUT2D eigenvalue weighted by Gasteiger charge is 2.09. The molecule has 0 fully saturated rings. The van der Waals surface area contributed by atoms with Crippen molar-refractivity contribution in [1.29, 1.82) is 5.26 Å². The Morgan fingerprint density at radius 2 is 1.53 bits per heavy atom. The van der Waals surface area contributed by atoms with Crippen molar-refractivity contribution in [3.8, 4) is 29.2 Å². The van der Waals surface area contributed by atoms with E-state index in [-0.39, 0.29) is 11.6 Å². The van der Waals surface area contributed by atoms with Crippen molar-refractivity contribution in [2.45, 2.75) is 0 Å². The van der Waals surface area contributed by atoms with E-state index in [0.717, 1.165) is 0 Å². The average Bonchev–Trinajstić information content (AvgIpc) is 2.47. The topological polar surface area (TPSA) is 77.3 Å². The van der Waals surface area contributed by atoms with Crippen LogP contribution in [0.2, 0.25) is 0 Å². The standard InChI is InChI=1S/C13H11N3O3/c1-17-9-5-10(18-2)7-11(6-9)19-13-12(8-14)15-3-4-16-13/h3-7H,1-2H3. The van der Waals surface area contributed by atoms with Crippen molar-refractivity contribution in [3.63, 3.8) is 0 Å². The van der Waals surface area contributed by atoms with E-state index in [2.05, 4.69) is 9.97 Å². The third kappa shape index (κ3) is 2.90. The molecule has 1 aromatic heterocycles. The van der Waals surface area contributed by atoms with Gasteiger partial charge in [0.25, 0.3) is 5.88 Å². The summed E-state index contributed by atoms with van der Waals surface area (Å²) in [5.74, 6) is 1.75. The number of nitriles is 1. The van der Waals surface area contributed by atoms with Crippen molar-refractivity contribution in [2.75, 3.05) is 14.2 Å². The first-order valence-electron chi connectivity index (χ1n) is 5.39. The molecule has 0 aliphatic rings. The van der Waals surface area contributed by atoms with Crippen LogP contribution >= 0.6 is 0 Å². The molecule has 0 atom stereocenters. The van der Waals surface area contributed by atoms with Crippen LogP contribution in [0, 0.1) is 11.3 Å². The van der Waals surface area contributed by atoms with Gasteiger partial charge in [-0.05, 0) is 0 Å². The van der Waals surface area contributed by atoms with E-state index in [1.165, 1.54) is 12.4 Å². The summed E-state index contributed by atoms with van der Waals surface area (Å²) in [6, 6.07) is 6.96. The van der Waals surface area contributed by atoms with Crippen LogP contribution in [0.25, 0.3) is 0 Å². The molecule has 0 saturated carbocycles. The fourth-order valence-electron chi connectivity index (χ4n) is 1.43. The predicted molar refractivity (Wildman–Crippen MR) is 66.4 cm³/mol. The van der Waals surface area contributed by atoms with Crippen LogP contribution in [0.4, 0.5) is 0 Å². The minimum absolute atomic E-state index is 0.115. The largest absolute Gasteiger partial charge is 0.496 e. The maximum Gasteiger partial charge on any atom is 0.256 e. The van der Waals surface area contributed by atoms with E-state index >= 15 is 0 Å². The maximum atomic E-state index is 8.92. The van der Waals surface area contributed by atoms with Crippen LogP contribution in [0.3, 0.4) is 0 Å². The van der Waals surface area contributed by atoms with E-state index in [1.807, 2.05) is 6.07 Å². The highest BCUT2D eigenvalue weighted by Crippen LogP contribution is 2.30. The lowest BCUT2D eigenvalue weighted by atomic mass is 10.3. The van der Waals surface area contributed by atoms with Gasteiger partial charge in [0, 0.05) is 30.6 Å². The molecule has 0 saturated heterocycles. The second kappa shape index (κ2) is 5.69. The summed E-state index contributed by atoms with van der Waals surface area (Å²) in [6.45, 7) is 0. The molecule has 0 N–H and O–H groups in total. The first-order chi connectivity index (χ1) is 9.26. The van der Waals surface area contributed by atoms with Gasteiger partial charge in [0.05, 0.1) is 14.2 Å². The molecule has 0 radical (unpaired) electrons. The number of rotatable bonds is 4. The first kappa shape index (κ1) is 12.6. The van der Waals surface area contributed by atoms with Gasteiger partial charge in [-0.3, -0.25) is 0 Å². The monoisotopic (exact) mass is 257 g/mol. The van der Waals surface area contributed by atoms with Crippen LogP contribution in [0.1, 0.15) is 5.69 Å². The van der Waals surface area contributed by atoms with Gasteiger partial charge < -0.3 is 14.2 Å². The third-order valence-electron chi connectivity index (χ3n) is 2.31. The molecular formula is C13H11N3O3. The second-order valence-electron chi connectivity index (χ2n) is 3.47. The van der Waals surface area contributed by atoms with Crippen LogP contribution in [0.5, 0.6) is 23.1 Å². The zero-order chi connectivity index (χ0) is 13.7. The van der Waals surface area contributed by atoms with Crippen LogP contribution in [-0.4, -0.2) is 24.2 Å². The lowest BCUT2D eigenvalue weighted by Gasteiger charge is -2.09. The van der Waals surface area contributed by atoms with Gasteiger partial charge in [0.1, 0.15) is 23.3 Å². The second-order valence-corrected chi connectivity index (χ2v) is 3.47. The van der Waals surface area contributed by atoms with E-state index in [9.17, 15) is 0 Å². The molecule has 1 aromatic carbocycles. The normalized spacial score (nSPS) is 9.53. The molecule has 0 unspecified atom stereocenters. The highest BCUT2D eigenvalue weighted by atomic mass is 16.5. The molecule has 96 valence electrons. The molecular weight excluding hydrogens is 246 g/mol. The average molecular weight is 257 g/mol. The van der Waals surface area contributed by atoms with Crippen molar-refractivity contribution in [3.05, 3.63) is 36.3 Å². The van der Waals surface area contributed by atoms with Crippen molar-refractivity contribution in [2.24, 2.45) is 0 Å². The van der Waals surface area contributed by atoms with E-state index in [0.29, 0.717) is 17.2 Å². The Morgan fingerprint density at radius 3 is 2.11 bits per heavy atom. The van der Waals surface area contributed by atoms with Gasteiger partial charge in [-0.1, -0.05) is 0 Å². The summed E-state index contributed by atoms with van der Waals surface area (Å²) >= 11 is 0. The summed E-state index contributed by atoms with van der Waals surface area (Å²) in [5, 5.41) is 8.92. The Bertz CT molecular complexity index is 601. The number of hydrogen-bond donors (Lipinski definition) is 0. The molecule has 19 heavy (non-hydrogen) atoms. The number of methoxy groups -OCH3 is 2. The van der Waals surface area contributed by atoms with Gasteiger partial charge in [-0.2, -0.15) is 5.26 Å². The number of nitrogens with zero attached hydrogens (tertiary/aromatic N) is 3. The summed E-state index contributed by atoms with van der Waals surface area (Å²) in [5.41, 5.74) is 0.115. The molecule has 0 bridgehead atoms. The molecule has 2 rings (SSSR count). The molecule has 0 spiro atoms. The summed E-state index contributed by atoms with van der Waals surface area (Å²) < 4.78 is 15.8. The minimum atomic E-state index is 0.115. The van der Waals surface area contributed by atoms with E-state index < -0.39 is 0 Å². The molecule has 0 aliphatic carbocycles. The molecule has 6 nitrogen and oxygen atoms in total. The number of ether oxygens (including phenoxy) is 3. The SMILES string of the molecule is COc1cc(OC)cc(Oc2nccnc2C#N)c1. The molecule has 1 heterocycles. The van der Waals surface area contributed by atoms with Gasteiger partial charge >= 0.3 is 0 Å². The molecule has 2 aromatic rings. The van der Waals surface area contributed by atoms with Crippen molar-refractivity contribution in [1.82, 2.24) is 9.97 Å². The fraction of sp³-hybridized carbons (Fsp3) is 0.154. The summed E-state index contributed by atoms with van der Waals surface area (Å²) in [6.07, 6.45) is 2.88. The lowest BCUT2D eigenvalue weighted by molar-refractivity contribution is 0.384. The summed E-state index contributed by atoms with van der Waals surface area (Å²) in [7, 11) is 3.09. The van der Waals surface area contributed by atoms with Crippen molar-refractivity contribution >= 4 is 0 Å².